The second-order valence-corrected chi connectivity index (χ2v) is 12.5. The number of nitrogens with one attached hydrogen (secondary N) is 1. The van der Waals surface area contributed by atoms with Gasteiger partial charge in [0, 0.05) is 0 Å². The first kappa shape index (κ1) is 17.8. The molecule has 108 valence electrons. The van der Waals surface area contributed by atoms with Gasteiger partial charge in [-0.3, -0.25) is 0 Å². The Morgan fingerprint density at radius 3 is 1.50 bits per heavy atom. The van der Waals surface area contributed by atoms with Crippen molar-refractivity contribution < 1.29 is 4.79 Å². The van der Waals surface area contributed by atoms with Crippen molar-refractivity contribution in [1.29, 1.82) is 0 Å². The van der Waals surface area contributed by atoms with Gasteiger partial charge < -0.3 is 9.78 Å². The summed E-state index contributed by atoms with van der Waals surface area (Å²) in [7, 11) is -1.66. The van der Waals surface area contributed by atoms with Crippen molar-refractivity contribution in [1.82, 2.24) is 4.98 Å². The average molecular weight is 272 g/mol. The second-order valence-electron chi connectivity index (χ2n) is 6.91. The lowest BCUT2D eigenvalue weighted by Crippen LogP contribution is -2.61. The predicted octanol–water partition coefficient (Wildman–Crippen LogP) is 4.37. The first-order chi connectivity index (χ1) is 8.18. The lowest BCUT2D eigenvalue weighted by atomic mass is 10.1. The Morgan fingerprint density at radius 2 is 1.28 bits per heavy atom. The van der Waals surface area contributed by atoms with E-state index in [4.69, 9.17) is 0 Å². The van der Waals surface area contributed by atoms with Gasteiger partial charge in [-0.15, -0.1) is 0 Å². The number of hydrogen-bond acceptors (Lipinski definition) is 2. The van der Waals surface area contributed by atoms with E-state index in [-0.39, 0.29) is 6.04 Å². The van der Waals surface area contributed by atoms with Gasteiger partial charge in [0.25, 0.3) is 0 Å². The zero-order valence-corrected chi connectivity index (χ0v) is 14.6. The molecule has 0 fully saturated rings. The highest BCUT2D eigenvalue weighted by molar-refractivity contribution is 6.81. The molecule has 18 heavy (non-hydrogen) atoms. The van der Waals surface area contributed by atoms with Gasteiger partial charge in [-0.25, -0.2) is 0 Å². The molecule has 0 aliphatic rings. The van der Waals surface area contributed by atoms with Crippen LogP contribution in [0.25, 0.3) is 0 Å². The molecule has 2 nitrogen and oxygen atoms in total. The third kappa shape index (κ3) is 4.20. The van der Waals surface area contributed by atoms with Crippen molar-refractivity contribution in [2.24, 2.45) is 5.92 Å². The summed E-state index contributed by atoms with van der Waals surface area (Å²) in [5.41, 5.74) is 1.94. The molecule has 0 amide bonds. The van der Waals surface area contributed by atoms with Gasteiger partial charge in [0.2, 0.25) is 0 Å². The summed E-state index contributed by atoms with van der Waals surface area (Å²) in [5.74, 6) is 0.561. The molecule has 0 saturated carbocycles. The summed E-state index contributed by atoms with van der Waals surface area (Å²) in [6.45, 7) is 18.3. The predicted molar refractivity (Wildman–Crippen MR) is 83.5 cm³/mol. The third-order valence-corrected chi connectivity index (χ3v) is 10.8. The van der Waals surface area contributed by atoms with E-state index >= 15 is 0 Å². The molecular weight excluding hydrogens is 238 g/mol. The van der Waals surface area contributed by atoms with Crippen molar-refractivity contribution in [3.8, 4) is 0 Å². The highest BCUT2D eigenvalue weighted by Gasteiger charge is 2.44. The summed E-state index contributed by atoms with van der Waals surface area (Å²) >= 11 is 0. The standard InChI is InChI=1S/C15H33NOSi/c1-11(2)9-15(10-17)16-18(12(3)4,13(5)6)14(7)8/h10-16H,9H2,1-8H3. The fraction of sp³-hybridized carbons (Fsp3) is 0.933. The van der Waals surface area contributed by atoms with Gasteiger partial charge in [-0.2, -0.15) is 0 Å². The fourth-order valence-corrected chi connectivity index (χ4v) is 9.31. The van der Waals surface area contributed by atoms with Crippen LogP contribution in [0.4, 0.5) is 0 Å². The molecule has 0 radical (unpaired) electrons. The molecule has 0 heterocycles. The minimum Gasteiger partial charge on any atom is -0.328 e. The number of hydrogen-bond donors (Lipinski definition) is 1. The highest BCUT2D eigenvalue weighted by atomic mass is 28.3. The quantitative estimate of drug-likeness (QED) is 0.525. The van der Waals surface area contributed by atoms with Crippen molar-refractivity contribution in [2.75, 3.05) is 0 Å². The maximum atomic E-state index is 11.3. The maximum Gasteiger partial charge on any atom is 0.136 e. The first-order valence-corrected chi connectivity index (χ1v) is 9.64. The molecule has 1 unspecified atom stereocenters. The molecule has 0 bridgehead atoms. The van der Waals surface area contributed by atoms with E-state index in [1.165, 1.54) is 0 Å². The van der Waals surface area contributed by atoms with Crippen LogP contribution < -0.4 is 4.98 Å². The molecule has 0 aromatic carbocycles. The molecule has 0 rings (SSSR count). The van der Waals surface area contributed by atoms with Crippen LogP contribution in [0.3, 0.4) is 0 Å². The molecular formula is C15H33NOSi. The van der Waals surface area contributed by atoms with Crippen molar-refractivity contribution >= 4 is 14.5 Å². The highest BCUT2D eigenvalue weighted by Crippen LogP contribution is 2.39. The van der Waals surface area contributed by atoms with E-state index in [0.29, 0.717) is 22.5 Å². The molecule has 1 atom stereocenters. The summed E-state index contributed by atoms with van der Waals surface area (Å²) in [6, 6.07) is 0.0314. The molecule has 0 aliphatic heterocycles. The SMILES string of the molecule is CC(C)CC(C=O)N[Si](C(C)C)(C(C)C)C(C)C. The number of carbonyl (C=O) groups is 1. The van der Waals surface area contributed by atoms with Crippen molar-refractivity contribution in [3.63, 3.8) is 0 Å². The van der Waals surface area contributed by atoms with Gasteiger partial charge in [0.05, 0.1) is 6.04 Å². The topological polar surface area (TPSA) is 29.1 Å². The van der Waals surface area contributed by atoms with Gasteiger partial charge in [-0.05, 0) is 29.0 Å². The monoisotopic (exact) mass is 271 g/mol. The van der Waals surface area contributed by atoms with E-state index in [2.05, 4.69) is 60.4 Å². The van der Waals surface area contributed by atoms with Crippen LogP contribution in [0.5, 0.6) is 0 Å². The Labute approximate surface area is 115 Å². The first-order valence-electron chi connectivity index (χ1n) is 7.41. The Balaban J connectivity index is 5.14. The van der Waals surface area contributed by atoms with Gasteiger partial charge in [0.1, 0.15) is 14.5 Å². The lowest BCUT2D eigenvalue weighted by Gasteiger charge is -2.45. The van der Waals surface area contributed by atoms with Gasteiger partial charge in [0.15, 0.2) is 0 Å². The number of aldehydes is 1. The lowest BCUT2D eigenvalue weighted by molar-refractivity contribution is -0.109. The Hall–Kier alpha value is -0.153. The van der Waals surface area contributed by atoms with Crippen LogP contribution in [-0.4, -0.2) is 20.6 Å². The van der Waals surface area contributed by atoms with E-state index in [9.17, 15) is 4.79 Å². The normalized spacial score (nSPS) is 14.9. The summed E-state index contributed by atoms with van der Waals surface area (Å²) in [5, 5.41) is 0. The summed E-state index contributed by atoms with van der Waals surface area (Å²) in [4.78, 5) is 15.2. The van der Waals surface area contributed by atoms with Crippen LogP contribution in [0.15, 0.2) is 0 Å². The molecule has 0 aliphatic carbocycles. The zero-order valence-electron chi connectivity index (χ0n) is 13.6. The maximum absolute atomic E-state index is 11.3. The van der Waals surface area contributed by atoms with E-state index < -0.39 is 8.24 Å². The molecule has 0 aromatic heterocycles. The fourth-order valence-electron chi connectivity index (χ4n) is 3.48. The molecule has 0 spiro atoms. The number of carbonyl (C=O) groups excluding carboxylic acids is 1. The minimum absolute atomic E-state index is 0.0314. The zero-order chi connectivity index (χ0) is 14.5. The van der Waals surface area contributed by atoms with Crippen molar-refractivity contribution in [2.45, 2.75) is 84.5 Å². The van der Waals surface area contributed by atoms with Crippen LogP contribution >= 0.6 is 0 Å². The largest absolute Gasteiger partial charge is 0.328 e. The third-order valence-electron chi connectivity index (χ3n) is 4.19. The average Bonchev–Trinajstić information content (AvgIpc) is 2.21. The smallest absolute Gasteiger partial charge is 0.136 e. The Bertz CT molecular complexity index is 227. The minimum atomic E-state index is -1.66. The number of rotatable bonds is 8. The Morgan fingerprint density at radius 1 is 0.889 bits per heavy atom. The summed E-state index contributed by atoms with van der Waals surface area (Å²) < 4.78 is 0. The van der Waals surface area contributed by atoms with E-state index in [1.807, 2.05) is 0 Å². The van der Waals surface area contributed by atoms with Crippen LogP contribution in [0.1, 0.15) is 61.8 Å². The van der Waals surface area contributed by atoms with Gasteiger partial charge in [-0.1, -0.05) is 55.4 Å². The molecule has 3 heteroatoms. The Kier molecular flexibility index (Phi) is 7.38. The van der Waals surface area contributed by atoms with Gasteiger partial charge >= 0.3 is 0 Å². The molecule has 0 saturated heterocycles. The van der Waals surface area contributed by atoms with E-state index in [1.54, 1.807) is 0 Å². The van der Waals surface area contributed by atoms with E-state index in [0.717, 1.165) is 12.7 Å². The second kappa shape index (κ2) is 7.44. The van der Waals surface area contributed by atoms with Crippen LogP contribution in [0.2, 0.25) is 16.6 Å². The summed E-state index contributed by atoms with van der Waals surface area (Å²) in [6.07, 6.45) is 2.07. The van der Waals surface area contributed by atoms with Crippen LogP contribution in [-0.2, 0) is 4.79 Å². The molecule has 0 aromatic rings. The van der Waals surface area contributed by atoms with Crippen molar-refractivity contribution in [3.05, 3.63) is 0 Å². The van der Waals surface area contributed by atoms with Crippen LogP contribution in [0, 0.1) is 5.92 Å². The molecule has 1 N–H and O–H groups in total.